The lowest BCUT2D eigenvalue weighted by Gasteiger charge is -2.15. The third-order valence-electron chi connectivity index (χ3n) is 4.35. The van der Waals surface area contributed by atoms with Gasteiger partial charge in [-0.3, -0.25) is 4.79 Å². The van der Waals surface area contributed by atoms with E-state index in [2.05, 4.69) is 35.1 Å². The van der Waals surface area contributed by atoms with Gasteiger partial charge in [0.05, 0.1) is 5.69 Å². The molecule has 152 valence electrons. The second-order valence-electron chi connectivity index (χ2n) is 6.93. The predicted molar refractivity (Wildman–Crippen MR) is 115 cm³/mol. The molecule has 1 aromatic heterocycles. The fraction of sp³-hybridized carbons (Fsp3) is 0.227. The summed E-state index contributed by atoms with van der Waals surface area (Å²) >= 11 is 9.40. The van der Waals surface area contributed by atoms with Gasteiger partial charge in [-0.15, -0.1) is 0 Å². The Labute approximate surface area is 182 Å². The molecule has 1 N–H and O–H groups in total. The number of ether oxygens (including phenoxy) is 1. The molecule has 0 radical (unpaired) electrons. The van der Waals surface area contributed by atoms with E-state index in [1.165, 1.54) is 18.2 Å². The first-order chi connectivity index (χ1) is 13.7. The Morgan fingerprint density at radius 2 is 2.00 bits per heavy atom. The van der Waals surface area contributed by atoms with Gasteiger partial charge < -0.3 is 14.5 Å². The molecule has 0 spiro atoms. The van der Waals surface area contributed by atoms with Gasteiger partial charge in [0.1, 0.15) is 23.9 Å². The van der Waals surface area contributed by atoms with E-state index >= 15 is 0 Å². The van der Waals surface area contributed by atoms with Crippen molar-refractivity contribution in [1.82, 2.24) is 0 Å². The minimum absolute atomic E-state index is 0.0716. The van der Waals surface area contributed by atoms with Crippen LogP contribution in [0.25, 0.3) is 0 Å². The second-order valence-corrected chi connectivity index (χ2v) is 8.25. The third-order valence-corrected chi connectivity index (χ3v) is 5.25. The second kappa shape index (κ2) is 9.01. The van der Waals surface area contributed by atoms with Gasteiger partial charge in [-0.1, -0.05) is 41.4 Å². The fourth-order valence-electron chi connectivity index (χ4n) is 2.75. The highest BCUT2D eigenvalue weighted by Crippen LogP contribution is 2.32. The molecule has 0 unspecified atom stereocenters. The number of amides is 1. The molecule has 0 aliphatic carbocycles. The van der Waals surface area contributed by atoms with Crippen molar-refractivity contribution in [2.24, 2.45) is 0 Å². The number of aryl methyl sites for hydroxylation is 1. The van der Waals surface area contributed by atoms with E-state index in [0.29, 0.717) is 15.3 Å². The summed E-state index contributed by atoms with van der Waals surface area (Å²) in [5.41, 5.74) is 1.99. The van der Waals surface area contributed by atoms with Crippen molar-refractivity contribution in [3.63, 3.8) is 0 Å². The zero-order chi connectivity index (χ0) is 21.1. The number of nitrogens with one attached hydrogen (secondary N) is 1. The molecule has 0 fully saturated rings. The summed E-state index contributed by atoms with van der Waals surface area (Å²) < 4.78 is 26.0. The van der Waals surface area contributed by atoms with Crippen molar-refractivity contribution in [3.8, 4) is 5.75 Å². The molecule has 3 rings (SSSR count). The Morgan fingerprint density at radius 1 is 1.24 bits per heavy atom. The van der Waals surface area contributed by atoms with E-state index < -0.39 is 11.7 Å². The maximum absolute atomic E-state index is 13.9. The minimum atomic E-state index is -0.540. The molecular weight excluding hydrogens is 461 g/mol. The lowest BCUT2D eigenvalue weighted by molar-refractivity contribution is 0.0992. The van der Waals surface area contributed by atoms with Crippen LogP contribution in [0.2, 0.25) is 5.02 Å². The van der Waals surface area contributed by atoms with Gasteiger partial charge >= 0.3 is 0 Å². The quantitative estimate of drug-likeness (QED) is 0.409. The Kier molecular flexibility index (Phi) is 6.65. The lowest BCUT2D eigenvalue weighted by atomic mass is 10.0. The number of furan rings is 1. The van der Waals surface area contributed by atoms with Gasteiger partial charge in [0, 0.05) is 9.50 Å². The van der Waals surface area contributed by atoms with Crippen LogP contribution in [0, 0.1) is 12.7 Å². The van der Waals surface area contributed by atoms with Crippen molar-refractivity contribution in [3.05, 3.63) is 80.4 Å². The van der Waals surface area contributed by atoms with Crippen LogP contribution in [0.3, 0.4) is 0 Å². The van der Waals surface area contributed by atoms with Crippen molar-refractivity contribution in [2.75, 3.05) is 5.32 Å². The molecule has 0 aliphatic rings. The van der Waals surface area contributed by atoms with Crippen molar-refractivity contribution >= 4 is 39.1 Å². The molecule has 4 nitrogen and oxygen atoms in total. The highest BCUT2D eigenvalue weighted by Gasteiger charge is 2.16. The number of anilines is 1. The Hall–Kier alpha value is -2.31. The maximum atomic E-state index is 13.9. The van der Waals surface area contributed by atoms with Crippen LogP contribution in [-0.4, -0.2) is 5.91 Å². The van der Waals surface area contributed by atoms with E-state index in [4.69, 9.17) is 20.8 Å². The highest BCUT2D eigenvalue weighted by atomic mass is 79.9. The van der Waals surface area contributed by atoms with Crippen LogP contribution in [-0.2, 0) is 6.61 Å². The maximum Gasteiger partial charge on any atom is 0.291 e. The van der Waals surface area contributed by atoms with Gasteiger partial charge in [0.15, 0.2) is 5.76 Å². The van der Waals surface area contributed by atoms with E-state index in [0.717, 1.165) is 16.9 Å². The highest BCUT2D eigenvalue weighted by molar-refractivity contribution is 9.10. The van der Waals surface area contributed by atoms with E-state index in [1.54, 1.807) is 12.1 Å². The summed E-state index contributed by atoms with van der Waals surface area (Å²) in [5, 5.41) is 3.19. The molecule has 0 atom stereocenters. The number of hydrogen-bond acceptors (Lipinski definition) is 3. The topological polar surface area (TPSA) is 51.5 Å². The van der Waals surface area contributed by atoms with Crippen molar-refractivity contribution < 1.29 is 18.3 Å². The van der Waals surface area contributed by atoms with Gasteiger partial charge in [0.25, 0.3) is 5.91 Å². The molecule has 0 saturated heterocycles. The van der Waals surface area contributed by atoms with Gasteiger partial charge in [-0.05, 0) is 66.4 Å². The largest absolute Gasteiger partial charge is 0.485 e. The van der Waals surface area contributed by atoms with Crippen LogP contribution < -0.4 is 10.1 Å². The molecule has 2 aromatic carbocycles. The monoisotopic (exact) mass is 479 g/mol. The zero-order valence-electron chi connectivity index (χ0n) is 16.2. The predicted octanol–water partition coefficient (Wildman–Crippen LogP) is 7.10. The first-order valence-corrected chi connectivity index (χ1v) is 10.2. The van der Waals surface area contributed by atoms with Crippen LogP contribution in [0.4, 0.5) is 10.1 Å². The molecular formula is C22H20BrClFNO3. The lowest BCUT2D eigenvalue weighted by Crippen LogP contribution is -2.12. The summed E-state index contributed by atoms with van der Waals surface area (Å²) in [6.07, 6.45) is 0. The SMILES string of the molecule is Cc1cc(OCc2ccc(C(=O)Nc3ccc(Br)cc3F)o2)c(C(C)C)cc1Cl. The summed E-state index contributed by atoms with van der Waals surface area (Å²) in [6.45, 7) is 6.19. The van der Waals surface area contributed by atoms with E-state index in [9.17, 15) is 9.18 Å². The van der Waals surface area contributed by atoms with E-state index in [1.807, 2.05) is 19.1 Å². The molecule has 3 aromatic rings. The number of benzene rings is 2. The summed E-state index contributed by atoms with van der Waals surface area (Å²) in [7, 11) is 0. The summed E-state index contributed by atoms with van der Waals surface area (Å²) in [6, 6.07) is 11.4. The van der Waals surface area contributed by atoms with Crippen LogP contribution in [0.5, 0.6) is 5.75 Å². The zero-order valence-corrected chi connectivity index (χ0v) is 18.5. The number of halogens is 3. The Bertz CT molecular complexity index is 1050. The molecule has 0 saturated carbocycles. The first-order valence-electron chi connectivity index (χ1n) is 9.02. The minimum Gasteiger partial charge on any atom is -0.485 e. The number of carbonyl (C=O) groups excluding carboxylic acids is 1. The Morgan fingerprint density at radius 3 is 2.69 bits per heavy atom. The normalized spacial score (nSPS) is 11.0. The van der Waals surface area contributed by atoms with E-state index in [-0.39, 0.29) is 24.0 Å². The average molecular weight is 481 g/mol. The number of rotatable bonds is 6. The molecule has 1 amide bonds. The summed E-state index contributed by atoms with van der Waals surface area (Å²) in [4.78, 5) is 12.3. The fourth-order valence-corrected chi connectivity index (χ4v) is 3.25. The van der Waals surface area contributed by atoms with Gasteiger partial charge in [0.2, 0.25) is 0 Å². The van der Waals surface area contributed by atoms with Crippen molar-refractivity contribution in [1.29, 1.82) is 0 Å². The smallest absolute Gasteiger partial charge is 0.291 e. The van der Waals surface area contributed by atoms with Crippen LogP contribution >= 0.6 is 27.5 Å². The third kappa shape index (κ3) is 5.19. The van der Waals surface area contributed by atoms with Crippen LogP contribution in [0.15, 0.2) is 51.4 Å². The van der Waals surface area contributed by atoms with Gasteiger partial charge in [-0.2, -0.15) is 0 Å². The number of hydrogen-bond donors (Lipinski definition) is 1. The average Bonchev–Trinajstić information content (AvgIpc) is 3.13. The summed E-state index contributed by atoms with van der Waals surface area (Å²) in [5.74, 6) is 0.434. The molecule has 0 bridgehead atoms. The molecule has 7 heteroatoms. The standard InChI is InChI=1S/C22H20BrClFNO3/c1-12(2)16-10-17(24)13(3)8-21(16)28-11-15-5-7-20(29-15)22(27)26-19-6-4-14(23)9-18(19)25/h4-10,12H,11H2,1-3H3,(H,26,27). The first kappa shape index (κ1) is 21.4. The van der Waals surface area contributed by atoms with Crippen LogP contribution in [0.1, 0.15) is 47.2 Å². The molecule has 29 heavy (non-hydrogen) atoms. The van der Waals surface area contributed by atoms with Gasteiger partial charge in [-0.25, -0.2) is 4.39 Å². The molecule has 0 aliphatic heterocycles. The molecule has 1 heterocycles. The number of carbonyl (C=O) groups is 1. The van der Waals surface area contributed by atoms with Crippen molar-refractivity contribution in [2.45, 2.75) is 33.3 Å². The Balaban J connectivity index is 1.69.